The molecule has 0 amide bonds. The van der Waals surface area contributed by atoms with Gasteiger partial charge in [0.2, 0.25) is 0 Å². The van der Waals surface area contributed by atoms with Crippen LogP contribution in [0.1, 0.15) is 77.0 Å². The smallest absolute Gasteiger partial charge is 0.303 e. The number of rotatable bonds is 16. The van der Waals surface area contributed by atoms with E-state index < -0.39 is 55.4 Å². The van der Waals surface area contributed by atoms with Crippen LogP contribution in [-0.4, -0.2) is 103 Å². The van der Waals surface area contributed by atoms with Crippen LogP contribution in [0.5, 0.6) is 0 Å². The molecular weight excluding hydrogens is 438 g/mol. The highest BCUT2D eigenvalue weighted by atomic mass is 16.6. The molecule has 1 aliphatic rings. The molecule has 0 spiro atoms. The Hall–Kier alpha value is -0.890. The number of unbranched alkanes of at least 4 members (excludes halogenated alkanes) is 7. The zero-order valence-electron chi connectivity index (χ0n) is 19.4. The first-order chi connectivity index (χ1) is 15.6. The molecule has 1 fully saturated rings. The third-order valence-corrected chi connectivity index (χ3v) is 5.69. The third-order valence-electron chi connectivity index (χ3n) is 5.69. The van der Waals surface area contributed by atoms with Gasteiger partial charge in [-0.05, 0) is 25.7 Å². The second-order valence-electron chi connectivity index (χ2n) is 8.57. The number of aliphatic hydroxyl groups is 7. The molecule has 0 saturated carbocycles. The lowest BCUT2D eigenvalue weighted by molar-refractivity contribution is -0.248. The first-order valence-electron chi connectivity index (χ1n) is 11.9. The average molecular weight is 484 g/mol. The third kappa shape index (κ3) is 14.9. The van der Waals surface area contributed by atoms with E-state index in [1.165, 1.54) is 0 Å². The first-order valence-corrected chi connectivity index (χ1v) is 11.9. The molecule has 1 heterocycles. The molecule has 33 heavy (non-hydrogen) atoms. The molecule has 11 nitrogen and oxygen atoms in total. The SMILES string of the molecule is N[C@@H]1[C@@H](O)[C@H](O)[C@@H](CO)O[C@H]1O.O=C(O)CCCCCCCC(O)C(O)CCCCCCO. The predicted octanol–water partition coefficient (Wildman–Crippen LogP) is -0.789. The Bertz CT molecular complexity index is 479. The van der Waals surface area contributed by atoms with E-state index in [4.69, 9.17) is 30.9 Å². The van der Waals surface area contributed by atoms with Crippen molar-refractivity contribution < 1.29 is 50.4 Å². The van der Waals surface area contributed by atoms with Crippen molar-refractivity contribution in [3.8, 4) is 0 Å². The van der Waals surface area contributed by atoms with Crippen LogP contribution >= 0.6 is 0 Å². The second kappa shape index (κ2) is 19.4. The van der Waals surface area contributed by atoms with Crippen molar-refractivity contribution in [1.29, 1.82) is 0 Å². The van der Waals surface area contributed by atoms with E-state index in [0.29, 0.717) is 19.3 Å². The molecule has 0 aromatic carbocycles. The van der Waals surface area contributed by atoms with Crippen molar-refractivity contribution in [2.24, 2.45) is 5.73 Å². The van der Waals surface area contributed by atoms with Crippen LogP contribution in [0.3, 0.4) is 0 Å². The fourth-order valence-electron chi connectivity index (χ4n) is 3.48. The normalized spacial score (nSPS) is 26.8. The van der Waals surface area contributed by atoms with Gasteiger partial charge in [0, 0.05) is 13.0 Å². The van der Waals surface area contributed by atoms with Gasteiger partial charge in [0.1, 0.15) is 18.3 Å². The zero-order chi connectivity index (χ0) is 25.2. The van der Waals surface area contributed by atoms with Crippen molar-refractivity contribution in [2.75, 3.05) is 13.2 Å². The van der Waals surface area contributed by atoms with Gasteiger partial charge in [0.25, 0.3) is 0 Å². The molecular formula is C22H45NO10. The number of nitrogens with two attached hydrogens (primary N) is 1. The number of hydrogen-bond acceptors (Lipinski definition) is 10. The monoisotopic (exact) mass is 483 g/mol. The Morgan fingerprint density at radius 2 is 1.27 bits per heavy atom. The number of hydrogen-bond donors (Lipinski definition) is 9. The molecule has 0 aromatic rings. The summed E-state index contributed by atoms with van der Waals surface area (Å²) in [4.78, 5) is 10.3. The molecule has 0 radical (unpaired) electrons. The van der Waals surface area contributed by atoms with Crippen molar-refractivity contribution in [3.63, 3.8) is 0 Å². The Morgan fingerprint density at radius 1 is 0.788 bits per heavy atom. The maximum Gasteiger partial charge on any atom is 0.303 e. The zero-order valence-corrected chi connectivity index (χ0v) is 19.4. The van der Waals surface area contributed by atoms with E-state index in [-0.39, 0.29) is 13.0 Å². The minimum atomic E-state index is -1.35. The first kappa shape index (κ1) is 32.1. The van der Waals surface area contributed by atoms with Gasteiger partial charge in [-0.25, -0.2) is 0 Å². The summed E-state index contributed by atoms with van der Waals surface area (Å²) in [6.45, 7) is -0.250. The lowest BCUT2D eigenvalue weighted by Gasteiger charge is -2.38. The second-order valence-corrected chi connectivity index (χ2v) is 8.57. The fraction of sp³-hybridized carbons (Fsp3) is 0.955. The summed E-state index contributed by atoms with van der Waals surface area (Å²) in [5, 5.41) is 72.8. The maximum absolute atomic E-state index is 10.3. The van der Waals surface area contributed by atoms with E-state index in [1.54, 1.807) is 0 Å². The van der Waals surface area contributed by atoms with Crippen LogP contribution in [0, 0.1) is 0 Å². The van der Waals surface area contributed by atoms with Gasteiger partial charge in [-0.3, -0.25) is 4.79 Å². The molecule has 1 saturated heterocycles. The fourth-order valence-corrected chi connectivity index (χ4v) is 3.48. The molecule has 1 rings (SSSR count). The quantitative estimate of drug-likeness (QED) is 0.124. The number of aliphatic carboxylic acids is 1. The Morgan fingerprint density at radius 3 is 1.76 bits per heavy atom. The number of ether oxygens (including phenoxy) is 1. The van der Waals surface area contributed by atoms with Crippen LogP contribution in [0.25, 0.3) is 0 Å². The molecule has 198 valence electrons. The molecule has 7 atom stereocenters. The van der Waals surface area contributed by atoms with E-state index in [1.807, 2.05) is 0 Å². The molecule has 2 unspecified atom stereocenters. The summed E-state index contributed by atoms with van der Waals surface area (Å²) in [6.07, 6.45) is 3.40. The van der Waals surface area contributed by atoms with Crippen LogP contribution in [-0.2, 0) is 9.53 Å². The lowest BCUT2D eigenvalue weighted by Crippen LogP contribution is -2.61. The van der Waals surface area contributed by atoms with Crippen molar-refractivity contribution in [1.82, 2.24) is 0 Å². The Labute approximate surface area is 195 Å². The van der Waals surface area contributed by atoms with Gasteiger partial charge >= 0.3 is 5.97 Å². The summed E-state index contributed by atoms with van der Waals surface area (Å²) in [5.74, 6) is -0.743. The summed E-state index contributed by atoms with van der Waals surface area (Å²) >= 11 is 0. The summed E-state index contributed by atoms with van der Waals surface area (Å²) < 4.78 is 4.70. The minimum Gasteiger partial charge on any atom is -0.481 e. The van der Waals surface area contributed by atoms with Crippen LogP contribution < -0.4 is 5.73 Å². The summed E-state index contributed by atoms with van der Waals surface area (Å²) in [7, 11) is 0. The minimum absolute atomic E-state index is 0.220. The molecule has 11 heteroatoms. The van der Waals surface area contributed by atoms with Crippen LogP contribution in [0.4, 0.5) is 0 Å². The van der Waals surface area contributed by atoms with Gasteiger partial charge in [0.15, 0.2) is 6.29 Å². The number of aliphatic hydroxyl groups excluding tert-OH is 7. The lowest BCUT2D eigenvalue weighted by atomic mass is 9.98. The Kier molecular flexibility index (Phi) is 18.9. The van der Waals surface area contributed by atoms with Crippen LogP contribution in [0.15, 0.2) is 0 Å². The van der Waals surface area contributed by atoms with Gasteiger partial charge in [-0.1, -0.05) is 44.9 Å². The van der Waals surface area contributed by atoms with Crippen LogP contribution in [0.2, 0.25) is 0 Å². The van der Waals surface area contributed by atoms with E-state index in [2.05, 4.69) is 0 Å². The Balaban J connectivity index is 0.000000716. The van der Waals surface area contributed by atoms with Gasteiger partial charge in [0.05, 0.1) is 24.9 Å². The maximum atomic E-state index is 10.3. The topological polar surface area (TPSA) is 214 Å². The van der Waals surface area contributed by atoms with E-state index >= 15 is 0 Å². The van der Waals surface area contributed by atoms with Crippen molar-refractivity contribution in [3.05, 3.63) is 0 Å². The van der Waals surface area contributed by atoms with Crippen molar-refractivity contribution in [2.45, 2.75) is 120 Å². The van der Waals surface area contributed by atoms with Gasteiger partial charge < -0.3 is 51.3 Å². The average Bonchev–Trinajstić information content (AvgIpc) is 2.79. The molecule has 0 aliphatic carbocycles. The predicted molar refractivity (Wildman–Crippen MR) is 120 cm³/mol. The molecule has 1 aliphatic heterocycles. The highest BCUT2D eigenvalue weighted by Gasteiger charge is 2.41. The summed E-state index contributed by atoms with van der Waals surface area (Å²) in [6, 6.07) is -1.04. The molecule has 10 N–H and O–H groups in total. The largest absolute Gasteiger partial charge is 0.481 e. The van der Waals surface area contributed by atoms with Crippen molar-refractivity contribution >= 4 is 5.97 Å². The highest BCUT2D eigenvalue weighted by Crippen LogP contribution is 2.18. The number of carbonyl (C=O) groups is 1. The standard InChI is InChI=1S/C16H32O5.C6H13NO5/c17-13-9-5-4-7-11-15(19)14(18)10-6-2-1-3-8-12-16(20)21;7-3-5(10)4(9)2(1-8)12-6(3)11/h14-15,17-19H,1-13H2,(H,20,21);2-6,8-11H,1,7H2/t;2-,3-,4-,5-,6-/m.1/s1. The molecule has 0 aromatic heterocycles. The molecule has 0 bridgehead atoms. The number of carboxylic acids is 1. The van der Waals surface area contributed by atoms with Gasteiger partial charge in [-0.15, -0.1) is 0 Å². The number of carboxylic acid groups (broad SMARTS) is 1. The van der Waals surface area contributed by atoms with Gasteiger partial charge in [-0.2, -0.15) is 0 Å². The highest BCUT2D eigenvalue weighted by molar-refractivity contribution is 5.66. The van der Waals surface area contributed by atoms with E-state index in [9.17, 15) is 25.2 Å². The summed E-state index contributed by atoms with van der Waals surface area (Å²) in [5.41, 5.74) is 5.26. The van der Waals surface area contributed by atoms with E-state index in [0.717, 1.165) is 51.4 Å².